The van der Waals surface area contributed by atoms with Crippen LogP contribution in [0.2, 0.25) is 0 Å². The summed E-state index contributed by atoms with van der Waals surface area (Å²) in [5.41, 5.74) is 2.54. The van der Waals surface area contributed by atoms with E-state index in [0.717, 1.165) is 12.0 Å². The van der Waals surface area contributed by atoms with Crippen LogP contribution >= 0.6 is 11.8 Å². The molecule has 0 N–H and O–H groups in total. The number of rotatable bonds is 3. The topological polar surface area (TPSA) is 20.3 Å². The molecule has 2 nitrogen and oxygen atoms in total. The number of fused-ring (bicyclic) bond motifs is 1. The number of ketones is 1. The van der Waals surface area contributed by atoms with Gasteiger partial charge in [-0.1, -0.05) is 12.1 Å². The molecule has 1 atom stereocenters. The van der Waals surface area contributed by atoms with Crippen LogP contribution in [0.5, 0.6) is 0 Å². The first-order chi connectivity index (χ1) is 8.09. The van der Waals surface area contributed by atoms with Crippen molar-refractivity contribution in [1.82, 2.24) is 4.90 Å². The van der Waals surface area contributed by atoms with Gasteiger partial charge in [0.15, 0.2) is 5.78 Å². The second kappa shape index (κ2) is 5.23. The summed E-state index contributed by atoms with van der Waals surface area (Å²) in [5.74, 6) is 1.43. The molecule has 0 amide bonds. The molecule has 0 fully saturated rings. The molecular weight excluding hydrogens is 230 g/mol. The second-order valence-corrected chi connectivity index (χ2v) is 5.93. The number of likely N-dealkylation sites (N-methyl/N-ethyl adjacent to an activating group) is 1. The molecule has 0 saturated heterocycles. The van der Waals surface area contributed by atoms with Gasteiger partial charge < -0.3 is 0 Å². The van der Waals surface area contributed by atoms with Gasteiger partial charge in [0, 0.05) is 4.90 Å². The average Bonchev–Trinajstić information content (AvgIpc) is 2.28. The Hall–Kier alpha value is -0.800. The van der Waals surface area contributed by atoms with E-state index in [1.165, 1.54) is 22.6 Å². The monoisotopic (exact) mass is 249 g/mol. The Balaban J connectivity index is 2.35. The van der Waals surface area contributed by atoms with Gasteiger partial charge in [-0.2, -0.15) is 0 Å². The van der Waals surface area contributed by atoms with Gasteiger partial charge in [-0.05, 0) is 56.8 Å². The van der Waals surface area contributed by atoms with E-state index in [4.69, 9.17) is 0 Å². The standard InChI is InChI=1S/C14H19NOS/c1-10(16)14(15(2)3)12-6-7-13-11(9-12)5-4-8-17-13/h6-7,9,14H,4-5,8H2,1-3H3. The van der Waals surface area contributed by atoms with Crippen LogP contribution in [0.3, 0.4) is 0 Å². The van der Waals surface area contributed by atoms with Crippen molar-refractivity contribution in [3.8, 4) is 0 Å². The highest BCUT2D eigenvalue weighted by molar-refractivity contribution is 7.99. The normalized spacial score (nSPS) is 16.7. The summed E-state index contributed by atoms with van der Waals surface area (Å²) in [6, 6.07) is 6.39. The first-order valence-corrected chi connectivity index (χ1v) is 7.00. The quantitative estimate of drug-likeness (QED) is 0.821. The van der Waals surface area contributed by atoms with Crippen molar-refractivity contribution in [2.75, 3.05) is 19.8 Å². The van der Waals surface area contributed by atoms with E-state index in [0.29, 0.717) is 0 Å². The lowest BCUT2D eigenvalue weighted by atomic mass is 9.98. The minimum atomic E-state index is -0.104. The van der Waals surface area contributed by atoms with Gasteiger partial charge in [0.25, 0.3) is 0 Å². The van der Waals surface area contributed by atoms with Crippen LogP contribution in [0.25, 0.3) is 0 Å². The lowest BCUT2D eigenvalue weighted by molar-refractivity contribution is -0.121. The van der Waals surface area contributed by atoms with E-state index in [9.17, 15) is 4.79 Å². The Bertz CT molecular complexity index is 428. The third-order valence-corrected chi connectivity index (χ3v) is 4.35. The van der Waals surface area contributed by atoms with Crippen molar-refractivity contribution in [3.63, 3.8) is 0 Å². The van der Waals surface area contributed by atoms with E-state index >= 15 is 0 Å². The lowest BCUT2D eigenvalue weighted by Crippen LogP contribution is -2.26. The number of nitrogens with zero attached hydrogens (tertiary/aromatic N) is 1. The van der Waals surface area contributed by atoms with Crippen LogP contribution in [0, 0.1) is 0 Å². The molecule has 1 aliphatic rings. The van der Waals surface area contributed by atoms with Crippen molar-refractivity contribution in [3.05, 3.63) is 29.3 Å². The second-order valence-electron chi connectivity index (χ2n) is 4.80. The van der Waals surface area contributed by atoms with E-state index in [1.807, 2.05) is 30.8 Å². The number of hydrogen-bond acceptors (Lipinski definition) is 3. The summed E-state index contributed by atoms with van der Waals surface area (Å²) in [6.45, 7) is 1.67. The molecule has 2 rings (SSSR count). The van der Waals surface area contributed by atoms with E-state index in [-0.39, 0.29) is 11.8 Å². The highest BCUT2D eigenvalue weighted by Crippen LogP contribution is 2.32. The highest BCUT2D eigenvalue weighted by atomic mass is 32.2. The first-order valence-electron chi connectivity index (χ1n) is 6.02. The molecule has 1 aliphatic heterocycles. The predicted octanol–water partition coefficient (Wildman–Crippen LogP) is 2.92. The summed E-state index contributed by atoms with van der Waals surface area (Å²) in [5, 5.41) is 0. The van der Waals surface area contributed by atoms with Gasteiger partial charge in [-0.25, -0.2) is 0 Å². The fourth-order valence-corrected chi connectivity index (χ4v) is 3.47. The van der Waals surface area contributed by atoms with E-state index < -0.39 is 0 Å². The molecule has 0 aliphatic carbocycles. The summed E-state index contributed by atoms with van der Waals surface area (Å²) in [7, 11) is 3.92. The highest BCUT2D eigenvalue weighted by Gasteiger charge is 2.20. The van der Waals surface area contributed by atoms with Gasteiger partial charge in [-0.3, -0.25) is 9.69 Å². The van der Waals surface area contributed by atoms with Gasteiger partial charge in [0.2, 0.25) is 0 Å². The number of benzene rings is 1. The van der Waals surface area contributed by atoms with E-state index in [2.05, 4.69) is 18.2 Å². The van der Waals surface area contributed by atoms with Crippen molar-refractivity contribution >= 4 is 17.5 Å². The molecular formula is C14H19NOS. The Morgan fingerprint density at radius 1 is 1.41 bits per heavy atom. The van der Waals surface area contributed by atoms with Crippen molar-refractivity contribution < 1.29 is 4.79 Å². The fourth-order valence-electron chi connectivity index (χ4n) is 2.45. The molecule has 3 heteroatoms. The Labute approximate surface area is 107 Å². The van der Waals surface area contributed by atoms with Crippen LogP contribution in [-0.2, 0) is 11.2 Å². The maximum Gasteiger partial charge on any atom is 0.151 e. The Kier molecular flexibility index (Phi) is 3.89. The smallest absolute Gasteiger partial charge is 0.151 e. The van der Waals surface area contributed by atoms with Crippen LogP contribution in [-0.4, -0.2) is 30.5 Å². The zero-order chi connectivity index (χ0) is 12.4. The first kappa shape index (κ1) is 12.7. The van der Waals surface area contributed by atoms with Gasteiger partial charge in [0.05, 0.1) is 6.04 Å². The number of carbonyl (C=O) groups is 1. The predicted molar refractivity (Wildman–Crippen MR) is 72.6 cm³/mol. The van der Waals surface area contributed by atoms with Gasteiger partial charge in [0.1, 0.15) is 0 Å². The SMILES string of the molecule is CC(=O)C(c1ccc2c(c1)CCCS2)N(C)C. The molecule has 0 spiro atoms. The number of hydrogen-bond donors (Lipinski definition) is 0. The number of thioether (sulfide) groups is 1. The summed E-state index contributed by atoms with van der Waals surface area (Å²) in [4.78, 5) is 15.1. The van der Waals surface area contributed by atoms with Crippen LogP contribution < -0.4 is 0 Å². The van der Waals surface area contributed by atoms with E-state index in [1.54, 1.807) is 6.92 Å². The summed E-state index contributed by atoms with van der Waals surface area (Å²) >= 11 is 1.93. The van der Waals surface area contributed by atoms with Crippen LogP contribution in [0.15, 0.2) is 23.1 Å². The summed E-state index contributed by atoms with van der Waals surface area (Å²) < 4.78 is 0. The van der Waals surface area contributed by atoms with Crippen molar-refractivity contribution in [2.24, 2.45) is 0 Å². The largest absolute Gasteiger partial charge is 0.298 e. The van der Waals surface area contributed by atoms with Crippen molar-refractivity contribution in [2.45, 2.75) is 30.7 Å². The number of carbonyl (C=O) groups excluding carboxylic acids is 1. The summed E-state index contributed by atoms with van der Waals surface area (Å²) in [6.07, 6.45) is 2.39. The number of aryl methyl sites for hydroxylation is 1. The zero-order valence-electron chi connectivity index (χ0n) is 10.7. The molecule has 92 valence electrons. The maximum atomic E-state index is 11.7. The van der Waals surface area contributed by atoms with Gasteiger partial charge >= 0.3 is 0 Å². The maximum absolute atomic E-state index is 11.7. The minimum Gasteiger partial charge on any atom is -0.298 e. The van der Waals surface area contributed by atoms with Crippen molar-refractivity contribution in [1.29, 1.82) is 0 Å². The third kappa shape index (κ3) is 2.72. The lowest BCUT2D eigenvalue weighted by Gasteiger charge is -2.24. The molecule has 1 aromatic rings. The molecule has 0 saturated carbocycles. The molecule has 1 heterocycles. The minimum absolute atomic E-state index is 0.104. The molecule has 1 unspecified atom stereocenters. The van der Waals surface area contributed by atoms with Gasteiger partial charge in [-0.15, -0.1) is 11.8 Å². The Morgan fingerprint density at radius 3 is 2.82 bits per heavy atom. The number of Topliss-reactive ketones (excluding diaryl/α,β-unsaturated/α-hetero) is 1. The average molecular weight is 249 g/mol. The zero-order valence-corrected chi connectivity index (χ0v) is 11.5. The Morgan fingerprint density at radius 2 is 2.18 bits per heavy atom. The molecule has 0 aromatic heterocycles. The third-order valence-electron chi connectivity index (χ3n) is 3.15. The molecule has 0 bridgehead atoms. The molecule has 1 aromatic carbocycles. The molecule has 17 heavy (non-hydrogen) atoms. The molecule has 0 radical (unpaired) electrons. The fraction of sp³-hybridized carbons (Fsp3) is 0.500. The van der Waals surface area contributed by atoms with Crippen LogP contribution in [0.1, 0.15) is 30.5 Å². The van der Waals surface area contributed by atoms with Crippen LogP contribution in [0.4, 0.5) is 0 Å².